The molecule has 0 aromatic rings. The van der Waals surface area contributed by atoms with Gasteiger partial charge in [-0.2, -0.15) is 0 Å². The van der Waals surface area contributed by atoms with Crippen LogP contribution in [0.2, 0.25) is 0 Å². The number of hydrogen-bond acceptors (Lipinski definition) is 5. The van der Waals surface area contributed by atoms with E-state index in [1.54, 1.807) is 4.90 Å². The summed E-state index contributed by atoms with van der Waals surface area (Å²) in [6.07, 6.45) is -0.206. The molecule has 0 aromatic carbocycles. The van der Waals surface area contributed by atoms with Crippen molar-refractivity contribution in [3.05, 3.63) is 0 Å². The van der Waals surface area contributed by atoms with Crippen LogP contribution in [0.25, 0.3) is 0 Å². The Labute approximate surface area is 141 Å². The lowest BCUT2D eigenvalue weighted by Crippen LogP contribution is -2.56. The van der Waals surface area contributed by atoms with Gasteiger partial charge in [0.2, 0.25) is 0 Å². The van der Waals surface area contributed by atoms with Crippen molar-refractivity contribution in [2.75, 3.05) is 26.2 Å². The van der Waals surface area contributed by atoms with Crippen LogP contribution in [0.5, 0.6) is 0 Å². The van der Waals surface area contributed by atoms with Crippen LogP contribution in [0.1, 0.15) is 48.5 Å². The summed E-state index contributed by atoms with van der Waals surface area (Å²) in [6.45, 7) is 17.9. The summed E-state index contributed by atoms with van der Waals surface area (Å²) in [4.78, 5) is 13.6. The smallest absolute Gasteiger partial charge is 0.410 e. The van der Waals surface area contributed by atoms with Gasteiger partial charge in [0.05, 0.1) is 0 Å². The van der Waals surface area contributed by atoms with E-state index in [1.165, 1.54) is 0 Å². The third kappa shape index (κ3) is 8.53. The van der Waals surface area contributed by atoms with Gasteiger partial charge < -0.3 is 25.6 Å². The molecule has 2 saturated heterocycles. The number of ether oxygens (including phenoxy) is 1. The second-order valence-corrected chi connectivity index (χ2v) is 7.98. The third-order valence-electron chi connectivity index (χ3n) is 3.68. The third-order valence-corrected chi connectivity index (χ3v) is 3.68. The quantitative estimate of drug-likeness (QED) is 0.630. The molecular formula is C17H36N4O2. The Balaban J connectivity index is 0.000000277. The fourth-order valence-electron chi connectivity index (χ4n) is 2.92. The number of piperazine rings is 2. The zero-order valence-electron chi connectivity index (χ0n) is 15.9. The lowest BCUT2D eigenvalue weighted by molar-refractivity contribution is 0.0167. The standard InChI is InChI=1S/C11H22N2O2.C6H14N2/c1-8-6-13(7-9(2)12-8)10(14)15-11(3,4)5;1-5-3-7-4-6(2)8-5/h8-9,12H,6-7H2,1-5H3;5-8H,3-4H2,1-2H3. The molecule has 2 fully saturated rings. The van der Waals surface area contributed by atoms with Crippen LogP contribution in [-0.2, 0) is 4.74 Å². The van der Waals surface area contributed by atoms with E-state index in [1.807, 2.05) is 20.8 Å². The van der Waals surface area contributed by atoms with Crippen molar-refractivity contribution in [2.24, 2.45) is 0 Å². The first-order valence-electron chi connectivity index (χ1n) is 8.77. The van der Waals surface area contributed by atoms with Crippen LogP contribution >= 0.6 is 0 Å². The molecule has 0 saturated carbocycles. The van der Waals surface area contributed by atoms with Crippen molar-refractivity contribution in [1.82, 2.24) is 20.9 Å². The van der Waals surface area contributed by atoms with E-state index < -0.39 is 5.60 Å². The summed E-state index contributed by atoms with van der Waals surface area (Å²) >= 11 is 0. The molecule has 23 heavy (non-hydrogen) atoms. The molecule has 0 bridgehead atoms. The maximum Gasteiger partial charge on any atom is 0.410 e. The predicted octanol–water partition coefficient (Wildman–Crippen LogP) is 1.56. The molecule has 2 heterocycles. The first-order valence-corrected chi connectivity index (χ1v) is 8.77. The van der Waals surface area contributed by atoms with Gasteiger partial charge in [0.25, 0.3) is 0 Å². The van der Waals surface area contributed by atoms with E-state index >= 15 is 0 Å². The predicted molar refractivity (Wildman–Crippen MR) is 94.8 cm³/mol. The van der Waals surface area contributed by atoms with E-state index in [-0.39, 0.29) is 6.09 Å². The Hall–Kier alpha value is -0.850. The lowest BCUT2D eigenvalue weighted by Gasteiger charge is -2.36. The van der Waals surface area contributed by atoms with Crippen LogP contribution in [0.4, 0.5) is 4.79 Å². The molecule has 4 atom stereocenters. The molecule has 2 rings (SSSR count). The van der Waals surface area contributed by atoms with Crippen molar-refractivity contribution < 1.29 is 9.53 Å². The maximum absolute atomic E-state index is 11.8. The molecule has 2 aliphatic rings. The van der Waals surface area contributed by atoms with Crippen molar-refractivity contribution in [3.8, 4) is 0 Å². The second-order valence-electron chi connectivity index (χ2n) is 7.98. The highest BCUT2D eigenvalue weighted by molar-refractivity contribution is 5.68. The number of carbonyl (C=O) groups excluding carboxylic acids is 1. The molecular weight excluding hydrogens is 292 g/mol. The lowest BCUT2D eigenvalue weighted by atomic mass is 10.1. The monoisotopic (exact) mass is 328 g/mol. The fraction of sp³-hybridized carbons (Fsp3) is 0.941. The Morgan fingerprint density at radius 1 is 0.913 bits per heavy atom. The van der Waals surface area contributed by atoms with Crippen molar-refractivity contribution in [2.45, 2.75) is 78.2 Å². The number of amides is 1. The summed E-state index contributed by atoms with van der Waals surface area (Å²) in [5, 5.41) is 10.1. The average molecular weight is 329 g/mol. The first kappa shape index (κ1) is 20.2. The van der Waals surface area contributed by atoms with Gasteiger partial charge in [-0.3, -0.25) is 0 Å². The molecule has 1 amide bonds. The second kappa shape index (κ2) is 8.85. The molecule has 2 aliphatic heterocycles. The van der Waals surface area contributed by atoms with Gasteiger partial charge in [-0.1, -0.05) is 0 Å². The fourth-order valence-corrected chi connectivity index (χ4v) is 2.92. The Morgan fingerprint density at radius 3 is 1.70 bits per heavy atom. The number of hydrogen-bond donors (Lipinski definition) is 3. The molecule has 0 aromatic heterocycles. The summed E-state index contributed by atoms with van der Waals surface area (Å²) in [7, 11) is 0. The number of nitrogens with one attached hydrogen (secondary N) is 3. The number of nitrogens with zero attached hydrogens (tertiary/aromatic N) is 1. The molecule has 136 valence electrons. The van der Waals surface area contributed by atoms with Crippen LogP contribution in [0.15, 0.2) is 0 Å². The van der Waals surface area contributed by atoms with Crippen molar-refractivity contribution >= 4 is 6.09 Å². The van der Waals surface area contributed by atoms with Gasteiger partial charge in [0, 0.05) is 50.3 Å². The highest BCUT2D eigenvalue weighted by Crippen LogP contribution is 2.12. The van der Waals surface area contributed by atoms with E-state index in [2.05, 4.69) is 43.6 Å². The highest BCUT2D eigenvalue weighted by atomic mass is 16.6. The Kier molecular flexibility index (Phi) is 7.77. The molecule has 0 radical (unpaired) electrons. The minimum absolute atomic E-state index is 0.206. The van der Waals surface area contributed by atoms with Gasteiger partial charge in [-0.15, -0.1) is 0 Å². The van der Waals surface area contributed by atoms with E-state index in [0.29, 0.717) is 24.2 Å². The minimum Gasteiger partial charge on any atom is -0.444 e. The molecule has 4 unspecified atom stereocenters. The minimum atomic E-state index is -0.408. The van der Waals surface area contributed by atoms with E-state index in [0.717, 1.165) is 26.2 Å². The highest BCUT2D eigenvalue weighted by Gasteiger charge is 2.28. The van der Waals surface area contributed by atoms with Gasteiger partial charge in [-0.25, -0.2) is 4.79 Å². The summed E-state index contributed by atoms with van der Waals surface area (Å²) in [5.74, 6) is 0. The van der Waals surface area contributed by atoms with E-state index in [4.69, 9.17) is 4.74 Å². The van der Waals surface area contributed by atoms with Crippen LogP contribution in [0, 0.1) is 0 Å². The average Bonchev–Trinajstić information content (AvgIpc) is 2.35. The number of rotatable bonds is 0. The molecule has 0 spiro atoms. The van der Waals surface area contributed by atoms with Crippen LogP contribution in [0.3, 0.4) is 0 Å². The number of carbonyl (C=O) groups is 1. The normalized spacial score (nSPS) is 31.9. The molecule has 0 aliphatic carbocycles. The molecule has 6 nitrogen and oxygen atoms in total. The SMILES string of the molecule is CC1CN(C(=O)OC(C)(C)C)CC(C)N1.CC1CNCC(C)N1. The molecule has 6 heteroatoms. The van der Waals surface area contributed by atoms with Gasteiger partial charge >= 0.3 is 6.09 Å². The topological polar surface area (TPSA) is 65.6 Å². The van der Waals surface area contributed by atoms with Gasteiger partial charge in [-0.05, 0) is 48.5 Å². The van der Waals surface area contributed by atoms with Crippen LogP contribution < -0.4 is 16.0 Å². The largest absolute Gasteiger partial charge is 0.444 e. The summed E-state index contributed by atoms with van der Waals surface area (Å²) in [6, 6.07) is 1.97. The van der Waals surface area contributed by atoms with E-state index in [9.17, 15) is 4.79 Å². The van der Waals surface area contributed by atoms with Gasteiger partial charge in [0.15, 0.2) is 0 Å². The molecule has 3 N–H and O–H groups in total. The summed E-state index contributed by atoms with van der Waals surface area (Å²) in [5.41, 5.74) is -0.408. The van der Waals surface area contributed by atoms with Crippen LogP contribution in [-0.4, -0.2) is 66.9 Å². The van der Waals surface area contributed by atoms with Gasteiger partial charge in [0.1, 0.15) is 5.60 Å². The Morgan fingerprint density at radius 2 is 1.35 bits per heavy atom. The zero-order chi connectivity index (χ0) is 17.6. The zero-order valence-corrected chi connectivity index (χ0v) is 15.9. The summed E-state index contributed by atoms with van der Waals surface area (Å²) < 4.78 is 5.33. The maximum atomic E-state index is 11.8. The first-order chi connectivity index (χ1) is 10.6. The van der Waals surface area contributed by atoms with Crippen molar-refractivity contribution in [1.29, 1.82) is 0 Å². The van der Waals surface area contributed by atoms with Crippen molar-refractivity contribution in [3.63, 3.8) is 0 Å². The Bertz CT molecular complexity index is 352.